The van der Waals surface area contributed by atoms with Gasteiger partial charge in [0.15, 0.2) is 0 Å². The van der Waals surface area contributed by atoms with Gasteiger partial charge in [-0.3, -0.25) is 0 Å². The summed E-state index contributed by atoms with van der Waals surface area (Å²) in [5.41, 5.74) is 0. The predicted octanol–water partition coefficient (Wildman–Crippen LogP) is 1.51. The molecule has 0 bridgehead atoms. The van der Waals surface area contributed by atoms with Gasteiger partial charge in [0.1, 0.15) is 0 Å². The summed E-state index contributed by atoms with van der Waals surface area (Å²) >= 11 is 3.37. The highest BCUT2D eigenvalue weighted by molar-refractivity contribution is 9.09. The second-order valence-corrected chi connectivity index (χ2v) is 2.32. The maximum Gasteiger partial charge on any atom is 0.316 e. The molecule has 0 radical (unpaired) electrons. The maximum atomic E-state index is 3.37. The minimum atomic E-state index is 0. The van der Waals surface area contributed by atoms with Crippen molar-refractivity contribution in [2.45, 2.75) is 20.3 Å². The van der Waals surface area contributed by atoms with Crippen molar-refractivity contribution < 1.29 is 0 Å². The molecular formula is C5H13BrMg. The second kappa shape index (κ2) is 7.25. The Morgan fingerprint density at radius 3 is 2.00 bits per heavy atom. The number of rotatable bonds is 2. The summed E-state index contributed by atoms with van der Waals surface area (Å²) in [7, 11) is 0. The summed E-state index contributed by atoms with van der Waals surface area (Å²) in [6.07, 6.45) is 1.28. The van der Waals surface area contributed by atoms with Crippen LogP contribution in [-0.2, 0) is 0 Å². The average Bonchev–Trinajstić information content (AvgIpc) is 1.65. The van der Waals surface area contributed by atoms with Crippen LogP contribution in [0, 0.1) is 5.92 Å². The molecule has 7 heavy (non-hydrogen) atoms. The Morgan fingerprint density at radius 1 is 1.57 bits per heavy atom. The number of halogens is 1. The Labute approximate surface area is 70.3 Å². The Morgan fingerprint density at radius 2 is 2.00 bits per heavy atom. The van der Waals surface area contributed by atoms with Gasteiger partial charge >= 0.3 is 23.1 Å². The van der Waals surface area contributed by atoms with Crippen molar-refractivity contribution in [3.8, 4) is 0 Å². The minimum absolute atomic E-state index is 0. The maximum absolute atomic E-state index is 3.37. The number of hydrogen-bond acceptors (Lipinski definition) is 0. The summed E-state index contributed by atoms with van der Waals surface area (Å²) in [5.74, 6) is 0.852. The highest BCUT2D eigenvalue weighted by Crippen LogP contribution is 2.02. The van der Waals surface area contributed by atoms with E-state index in [4.69, 9.17) is 0 Å². The highest BCUT2D eigenvalue weighted by Gasteiger charge is 1.90. The summed E-state index contributed by atoms with van der Waals surface area (Å²) < 4.78 is 0. The van der Waals surface area contributed by atoms with Crippen LogP contribution in [0.2, 0.25) is 0 Å². The van der Waals surface area contributed by atoms with Gasteiger partial charge in [0.05, 0.1) is 0 Å². The normalized spacial score (nSPS) is 12.4. The quantitative estimate of drug-likeness (QED) is 0.443. The Kier molecular flexibility index (Phi) is 11.5. The first-order chi connectivity index (χ1) is 2.81. The third-order valence-electron chi connectivity index (χ3n) is 0.960. The van der Waals surface area contributed by atoms with Crippen LogP contribution in [0.15, 0.2) is 0 Å². The summed E-state index contributed by atoms with van der Waals surface area (Å²) in [6, 6.07) is 0. The van der Waals surface area contributed by atoms with Gasteiger partial charge in [0.25, 0.3) is 0 Å². The van der Waals surface area contributed by atoms with Crippen molar-refractivity contribution in [3.05, 3.63) is 0 Å². The molecule has 0 spiro atoms. The van der Waals surface area contributed by atoms with Crippen molar-refractivity contribution in [2.75, 3.05) is 5.33 Å². The topological polar surface area (TPSA) is 0 Å². The molecule has 0 aliphatic rings. The zero-order chi connectivity index (χ0) is 4.99. The molecule has 0 fully saturated rings. The summed E-state index contributed by atoms with van der Waals surface area (Å²) in [5, 5.41) is 1.14. The predicted molar refractivity (Wildman–Crippen MR) is 41.8 cm³/mol. The molecule has 0 aromatic carbocycles. The van der Waals surface area contributed by atoms with Crippen molar-refractivity contribution in [1.82, 2.24) is 0 Å². The molecule has 42 valence electrons. The van der Waals surface area contributed by atoms with Gasteiger partial charge in [0, 0.05) is 5.33 Å². The third-order valence-corrected chi connectivity index (χ3v) is 2.07. The lowest BCUT2D eigenvalue weighted by Crippen LogP contribution is -1.89. The van der Waals surface area contributed by atoms with Gasteiger partial charge in [-0.15, -0.1) is 0 Å². The molecule has 0 amide bonds. The lowest BCUT2D eigenvalue weighted by molar-refractivity contribution is 0.641. The molecule has 0 aromatic heterocycles. The van der Waals surface area contributed by atoms with Crippen LogP contribution in [0.5, 0.6) is 0 Å². The molecule has 0 heterocycles. The Bertz CT molecular complexity index is 27.3. The zero-order valence-electron chi connectivity index (χ0n) is 4.37. The molecule has 0 aliphatic heterocycles. The largest absolute Gasteiger partial charge is 0.316 e. The molecule has 0 saturated carbocycles. The molecule has 0 nitrogen and oxygen atoms in total. The van der Waals surface area contributed by atoms with Crippen LogP contribution in [0.1, 0.15) is 20.3 Å². The molecule has 0 rings (SSSR count). The van der Waals surface area contributed by atoms with Crippen LogP contribution < -0.4 is 0 Å². The van der Waals surface area contributed by atoms with Crippen LogP contribution in [0.3, 0.4) is 0 Å². The van der Waals surface area contributed by atoms with Gasteiger partial charge in [0.2, 0.25) is 0 Å². The van der Waals surface area contributed by atoms with E-state index in [1.54, 1.807) is 0 Å². The first-order valence-electron chi connectivity index (χ1n) is 2.37. The van der Waals surface area contributed by atoms with Gasteiger partial charge in [-0.2, -0.15) is 0 Å². The Hall–Kier alpha value is 1.25. The highest BCUT2D eigenvalue weighted by atomic mass is 79.9. The van der Waals surface area contributed by atoms with E-state index in [2.05, 4.69) is 29.8 Å². The van der Waals surface area contributed by atoms with Crippen molar-refractivity contribution in [1.29, 1.82) is 0 Å². The fourth-order valence-electron chi connectivity index (χ4n) is 0.109. The SMILES string of the molecule is CC[C@@H](C)CBr.[MgH2]. The molecular weight excluding hydrogens is 164 g/mol. The van der Waals surface area contributed by atoms with E-state index in [0.29, 0.717) is 0 Å². The third kappa shape index (κ3) is 7.25. The fraction of sp³-hybridized carbons (Fsp3) is 1.00. The minimum Gasteiger partial charge on any atom is -0.0925 e. The standard InChI is InChI=1S/C5H11Br.Mg.2H/c1-3-5(2)4-6;;;/h5H,3-4H2,1-2H3;;;/t5-;;;/m1.../s1. The van der Waals surface area contributed by atoms with Crippen LogP contribution in [-0.4, -0.2) is 28.4 Å². The summed E-state index contributed by atoms with van der Waals surface area (Å²) in [6.45, 7) is 4.43. The smallest absolute Gasteiger partial charge is 0.0925 e. The van der Waals surface area contributed by atoms with Gasteiger partial charge in [-0.25, -0.2) is 0 Å². The van der Waals surface area contributed by atoms with Crippen LogP contribution in [0.4, 0.5) is 0 Å². The molecule has 0 aliphatic carbocycles. The monoisotopic (exact) mass is 176 g/mol. The van der Waals surface area contributed by atoms with Crippen LogP contribution in [0.25, 0.3) is 0 Å². The summed E-state index contributed by atoms with van der Waals surface area (Å²) in [4.78, 5) is 0. The van der Waals surface area contributed by atoms with Crippen molar-refractivity contribution in [3.63, 3.8) is 0 Å². The zero-order valence-corrected chi connectivity index (χ0v) is 5.96. The van der Waals surface area contributed by atoms with E-state index in [1.807, 2.05) is 0 Å². The Balaban J connectivity index is 0. The van der Waals surface area contributed by atoms with E-state index in [-0.39, 0.29) is 23.1 Å². The van der Waals surface area contributed by atoms with Crippen molar-refractivity contribution >= 4 is 39.0 Å². The first kappa shape index (κ1) is 11.1. The average molecular weight is 177 g/mol. The number of hydrogen-bond donors (Lipinski definition) is 0. The fourth-order valence-corrected chi connectivity index (χ4v) is 0.567. The van der Waals surface area contributed by atoms with Crippen LogP contribution >= 0.6 is 15.9 Å². The lowest BCUT2D eigenvalue weighted by Gasteiger charge is -1.97. The van der Waals surface area contributed by atoms with Gasteiger partial charge in [-0.05, 0) is 5.92 Å². The van der Waals surface area contributed by atoms with E-state index in [1.165, 1.54) is 6.42 Å². The van der Waals surface area contributed by atoms with E-state index in [0.717, 1.165) is 11.2 Å². The second-order valence-electron chi connectivity index (χ2n) is 1.67. The molecule has 2 heteroatoms. The van der Waals surface area contributed by atoms with E-state index in [9.17, 15) is 0 Å². The molecule has 0 unspecified atom stereocenters. The molecule has 0 saturated heterocycles. The van der Waals surface area contributed by atoms with Crippen molar-refractivity contribution in [2.24, 2.45) is 5.92 Å². The van der Waals surface area contributed by atoms with E-state index < -0.39 is 0 Å². The molecule has 0 aromatic rings. The lowest BCUT2D eigenvalue weighted by atomic mass is 10.2. The number of alkyl halides is 1. The van der Waals surface area contributed by atoms with Gasteiger partial charge in [-0.1, -0.05) is 36.2 Å². The first-order valence-corrected chi connectivity index (χ1v) is 3.49. The molecule has 0 N–H and O–H groups in total. The van der Waals surface area contributed by atoms with E-state index >= 15 is 0 Å². The molecule has 1 atom stereocenters. The van der Waals surface area contributed by atoms with Gasteiger partial charge < -0.3 is 0 Å².